The summed E-state index contributed by atoms with van der Waals surface area (Å²) in [4.78, 5) is 38.0. The van der Waals surface area contributed by atoms with Gasteiger partial charge in [0.1, 0.15) is 6.54 Å². The van der Waals surface area contributed by atoms with Crippen molar-refractivity contribution < 1.29 is 24.4 Å². The second-order valence-corrected chi connectivity index (χ2v) is 6.38. The number of rotatable bonds is 5. The third kappa shape index (κ3) is 2.98. The summed E-state index contributed by atoms with van der Waals surface area (Å²) in [5.74, 6) is -0.603. The number of hydrogen-bond acceptors (Lipinski definition) is 5. The molecule has 1 saturated heterocycles. The van der Waals surface area contributed by atoms with Gasteiger partial charge in [-0.25, -0.2) is 0 Å². The molecule has 2 aromatic rings. The van der Waals surface area contributed by atoms with Gasteiger partial charge in [-0.3, -0.25) is 9.59 Å². The predicted molar refractivity (Wildman–Crippen MR) is 91.3 cm³/mol. The van der Waals surface area contributed by atoms with Crippen LogP contribution >= 0.6 is 0 Å². The molecule has 3 atom stereocenters. The molecule has 1 fully saturated rings. The van der Waals surface area contributed by atoms with Gasteiger partial charge in [0.2, 0.25) is 4.98 Å². The largest absolute Gasteiger partial charge is 0.828 e. The fourth-order valence-electron chi connectivity index (χ4n) is 3.47. The van der Waals surface area contributed by atoms with Crippen LogP contribution in [0.4, 0.5) is 0 Å². The summed E-state index contributed by atoms with van der Waals surface area (Å²) in [5.41, 5.74) is 3.59. The lowest BCUT2D eigenvalue weighted by Gasteiger charge is -2.25. The third-order valence-electron chi connectivity index (χ3n) is 4.79. The molecule has 1 heterocycles. The number of ketones is 2. The molecular weight excluding hydrogens is 350 g/mol. The molecule has 3 unspecified atom stereocenters. The Morgan fingerprint density at radius 2 is 1.67 bits per heavy atom. The zero-order valence-electron chi connectivity index (χ0n) is 14.3. The van der Waals surface area contributed by atoms with Gasteiger partial charge in [0, 0.05) is 17.4 Å². The first-order valence-corrected chi connectivity index (χ1v) is 8.58. The van der Waals surface area contributed by atoms with Crippen LogP contribution in [0.1, 0.15) is 32.6 Å². The lowest BCUT2D eigenvalue weighted by molar-refractivity contribution is -0.733. The first-order chi connectivity index (χ1) is 13.1. The van der Waals surface area contributed by atoms with Crippen molar-refractivity contribution in [3.63, 3.8) is 0 Å². The smallest absolute Gasteiger partial charge is 0.250 e. The van der Waals surface area contributed by atoms with Crippen molar-refractivity contribution >= 4 is 11.6 Å². The highest BCUT2D eigenvalue weighted by Gasteiger charge is 2.57. The Balaban J connectivity index is 1.47. The van der Waals surface area contributed by atoms with E-state index in [4.69, 9.17) is 4.74 Å². The van der Waals surface area contributed by atoms with Crippen molar-refractivity contribution in [3.05, 3.63) is 76.2 Å². The van der Waals surface area contributed by atoms with Gasteiger partial charge in [0.25, 0.3) is 0 Å². The summed E-state index contributed by atoms with van der Waals surface area (Å²) < 4.78 is 5.26. The number of ether oxygens (including phenoxy) is 1. The van der Waals surface area contributed by atoms with Gasteiger partial charge in [-0.1, -0.05) is 59.6 Å². The molecule has 27 heavy (non-hydrogen) atoms. The molecule has 8 nitrogen and oxygen atoms in total. The van der Waals surface area contributed by atoms with E-state index in [2.05, 4.69) is 5.43 Å². The number of benzene rings is 2. The number of hydrogen-bond donors (Lipinski definition) is 1. The second-order valence-electron chi connectivity index (χ2n) is 6.38. The number of nitrogens with one attached hydrogen (secondary N) is 1. The monoisotopic (exact) mass is 367 g/mol. The molecule has 138 valence electrons. The van der Waals surface area contributed by atoms with E-state index in [1.54, 1.807) is 54.6 Å². The van der Waals surface area contributed by atoms with Gasteiger partial charge in [-0.05, 0) is 5.56 Å². The molecule has 0 bridgehead atoms. The van der Waals surface area contributed by atoms with Crippen molar-refractivity contribution in [2.45, 2.75) is 18.4 Å². The fraction of sp³-hybridized carbons (Fsp3) is 0.263. The highest BCUT2D eigenvalue weighted by Crippen LogP contribution is 2.28. The molecule has 1 aliphatic carbocycles. The van der Waals surface area contributed by atoms with E-state index in [1.807, 2.05) is 0 Å². The van der Waals surface area contributed by atoms with Crippen LogP contribution in [0.15, 0.2) is 54.6 Å². The molecule has 0 saturated carbocycles. The number of hydrazine groups is 2. The number of carbonyl (C=O) groups excluding carboxylic acids is 2. The van der Waals surface area contributed by atoms with Crippen LogP contribution in [0.25, 0.3) is 0 Å². The molecule has 1 N–H and O–H groups in total. The average Bonchev–Trinajstić information content (AvgIpc) is 3.03. The minimum atomic E-state index is -1.39. The summed E-state index contributed by atoms with van der Waals surface area (Å²) in [5, 5.41) is 13.3. The van der Waals surface area contributed by atoms with Gasteiger partial charge in [0.05, 0.1) is 11.5 Å². The first-order valence-electron chi connectivity index (χ1n) is 8.58. The summed E-state index contributed by atoms with van der Waals surface area (Å²) >= 11 is 0. The van der Waals surface area contributed by atoms with Gasteiger partial charge in [-0.2, -0.15) is 0 Å². The Kier molecular flexibility index (Phi) is 4.43. The highest BCUT2D eigenvalue weighted by molar-refractivity contribution is 6.19. The second kappa shape index (κ2) is 6.90. The molecule has 4 rings (SSSR count). The molecule has 2 aromatic carbocycles. The van der Waals surface area contributed by atoms with Gasteiger partial charge < -0.3 is 9.84 Å². The lowest BCUT2D eigenvalue weighted by Crippen LogP contribution is -2.51. The van der Waals surface area contributed by atoms with E-state index in [1.165, 1.54) is 5.01 Å². The molecule has 0 radical (unpaired) electrons. The molecule has 2 aliphatic rings. The Bertz CT molecular complexity index is 901. The van der Waals surface area contributed by atoms with Crippen molar-refractivity contribution in [2.75, 3.05) is 13.2 Å². The molecular formula is C19H17N3O5. The Morgan fingerprint density at radius 3 is 2.37 bits per heavy atom. The van der Waals surface area contributed by atoms with E-state index in [9.17, 15) is 19.6 Å². The van der Waals surface area contributed by atoms with Crippen LogP contribution in [-0.4, -0.2) is 46.8 Å². The fourth-order valence-corrected chi connectivity index (χ4v) is 3.47. The number of carbonyl (C=O) groups is 2. The SMILES string of the molecule is O=C1c2ccccc2C(=O)C2C1N[N+](=O)N2CCOC([O-])c1ccccc1. The lowest BCUT2D eigenvalue weighted by atomic mass is 9.83. The van der Waals surface area contributed by atoms with Crippen molar-refractivity contribution in [1.82, 2.24) is 10.4 Å². The Morgan fingerprint density at radius 1 is 1.04 bits per heavy atom. The standard InChI is InChI=1S/C19H17N3O5/c23-17-13-8-4-5-9-14(13)18(24)16-15(17)20-22(26)21(16)10-11-27-19(25)12-6-2-1-3-7-12/h1-9,15-16,19H,10-11H2,(H,20,26). The van der Waals surface area contributed by atoms with E-state index >= 15 is 0 Å². The van der Waals surface area contributed by atoms with Crippen LogP contribution in [0.5, 0.6) is 0 Å². The van der Waals surface area contributed by atoms with Crippen LogP contribution in [0.2, 0.25) is 0 Å². The van der Waals surface area contributed by atoms with E-state index < -0.39 is 18.4 Å². The average molecular weight is 367 g/mol. The molecule has 8 heteroatoms. The minimum absolute atomic E-state index is 0.00439. The number of Topliss-reactive ketones (excluding diaryl/α,β-unsaturated/α-hetero) is 2. The van der Waals surface area contributed by atoms with E-state index in [-0.39, 0.29) is 24.7 Å². The van der Waals surface area contributed by atoms with Crippen LogP contribution < -0.4 is 10.5 Å². The van der Waals surface area contributed by atoms with E-state index in [0.717, 1.165) is 0 Å². The van der Waals surface area contributed by atoms with Crippen LogP contribution in [-0.2, 0) is 4.74 Å². The van der Waals surface area contributed by atoms with Crippen LogP contribution in [0.3, 0.4) is 0 Å². The normalized spacial score (nSPS) is 22.3. The maximum absolute atomic E-state index is 12.8. The van der Waals surface area contributed by atoms with E-state index in [0.29, 0.717) is 21.7 Å². The number of nitroso groups, excluding NO2 is 1. The third-order valence-corrected chi connectivity index (χ3v) is 4.79. The number of nitrogens with zero attached hydrogens (tertiary/aromatic N) is 2. The zero-order chi connectivity index (χ0) is 19.0. The summed E-state index contributed by atoms with van der Waals surface area (Å²) in [6.45, 7) is -0.0553. The summed E-state index contributed by atoms with van der Waals surface area (Å²) in [6.07, 6.45) is -1.39. The predicted octanol–water partition coefficient (Wildman–Crippen LogP) is 0.393. The first kappa shape index (κ1) is 17.3. The zero-order valence-corrected chi connectivity index (χ0v) is 14.3. The Hall–Kier alpha value is -3.10. The number of fused-ring (bicyclic) bond motifs is 2. The highest BCUT2D eigenvalue weighted by atomic mass is 16.6. The summed E-state index contributed by atoms with van der Waals surface area (Å²) in [7, 11) is 0. The minimum Gasteiger partial charge on any atom is -0.828 e. The maximum atomic E-state index is 12.8. The van der Waals surface area contributed by atoms with Crippen molar-refractivity contribution in [2.24, 2.45) is 0 Å². The summed E-state index contributed by atoms with van der Waals surface area (Å²) in [6, 6.07) is 13.2. The van der Waals surface area contributed by atoms with Crippen molar-refractivity contribution in [3.8, 4) is 0 Å². The van der Waals surface area contributed by atoms with Gasteiger partial charge >= 0.3 is 0 Å². The van der Waals surface area contributed by atoms with Gasteiger partial charge in [0.15, 0.2) is 23.7 Å². The molecule has 0 amide bonds. The van der Waals surface area contributed by atoms with Crippen molar-refractivity contribution in [1.29, 1.82) is 0 Å². The molecule has 0 spiro atoms. The molecule has 1 aliphatic heterocycles. The molecule has 0 aromatic heterocycles. The Labute approximate surface area is 154 Å². The topological polar surface area (TPSA) is 102 Å². The maximum Gasteiger partial charge on any atom is 0.250 e. The van der Waals surface area contributed by atoms with Crippen LogP contribution in [0, 0.1) is 4.91 Å². The van der Waals surface area contributed by atoms with Gasteiger partial charge in [-0.15, -0.1) is 5.43 Å². The quantitative estimate of drug-likeness (QED) is 0.603.